The molecule has 39 heavy (non-hydrogen) atoms. The zero-order valence-corrected chi connectivity index (χ0v) is 24.9. The monoisotopic (exact) mass is 609 g/mol. The summed E-state index contributed by atoms with van der Waals surface area (Å²) in [6, 6.07) is 16.6. The molecule has 0 saturated heterocycles. The normalized spacial score (nSPS) is 12.1. The van der Waals surface area contributed by atoms with Crippen LogP contribution in [0.2, 0.25) is 15.1 Å². The molecule has 208 valence electrons. The van der Waals surface area contributed by atoms with E-state index in [-0.39, 0.29) is 23.0 Å². The average Bonchev–Trinajstić information content (AvgIpc) is 2.90. The minimum Gasteiger partial charge on any atom is -0.354 e. The van der Waals surface area contributed by atoms with Gasteiger partial charge < -0.3 is 10.2 Å². The molecular formula is C28H30Cl3N3O4S. The first-order chi connectivity index (χ1) is 18.4. The maximum Gasteiger partial charge on any atom is 0.264 e. The van der Waals surface area contributed by atoms with E-state index in [0.717, 1.165) is 16.3 Å². The number of carbonyl (C=O) groups excluding carboxylic acids is 2. The number of carbonyl (C=O) groups is 2. The van der Waals surface area contributed by atoms with Gasteiger partial charge in [0.15, 0.2) is 0 Å². The Bertz CT molecular complexity index is 1430. The number of benzene rings is 3. The fourth-order valence-corrected chi connectivity index (χ4v) is 5.72. The number of hydrogen-bond donors (Lipinski definition) is 1. The van der Waals surface area contributed by atoms with E-state index in [1.54, 1.807) is 55.5 Å². The number of aryl methyl sites for hydroxylation is 1. The number of rotatable bonds is 11. The second kappa shape index (κ2) is 13.5. The molecule has 11 heteroatoms. The lowest BCUT2D eigenvalue weighted by molar-refractivity contribution is -0.139. The summed E-state index contributed by atoms with van der Waals surface area (Å²) in [7, 11) is -4.17. The second-order valence-electron chi connectivity index (χ2n) is 9.04. The van der Waals surface area contributed by atoms with Crippen LogP contribution in [0.5, 0.6) is 0 Å². The molecule has 2 amide bonds. The van der Waals surface area contributed by atoms with Gasteiger partial charge in [0, 0.05) is 18.1 Å². The SMILES string of the molecule is CCCNC(=O)[C@@H](C)N(Cc1ccc(Cl)c(Cl)c1)C(=O)CN(c1cccc(Cl)c1)S(=O)(=O)c1ccc(C)cc1. The Morgan fingerprint density at radius 2 is 1.64 bits per heavy atom. The van der Waals surface area contributed by atoms with Gasteiger partial charge >= 0.3 is 0 Å². The molecule has 1 N–H and O–H groups in total. The number of hydrogen-bond acceptors (Lipinski definition) is 4. The van der Waals surface area contributed by atoms with Crippen molar-refractivity contribution < 1.29 is 18.0 Å². The van der Waals surface area contributed by atoms with Gasteiger partial charge in [0.05, 0.1) is 20.6 Å². The summed E-state index contributed by atoms with van der Waals surface area (Å²) in [6.07, 6.45) is 0.719. The van der Waals surface area contributed by atoms with Gasteiger partial charge in [-0.15, -0.1) is 0 Å². The highest BCUT2D eigenvalue weighted by molar-refractivity contribution is 7.92. The van der Waals surface area contributed by atoms with Crippen molar-refractivity contribution in [3.8, 4) is 0 Å². The molecule has 0 aliphatic rings. The summed E-state index contributed by atoms with van der Waals surface area (Å²) >= 11 is 18.4. The van der Waals surface area contributed by atoms with Gasteiger partial charge in [-0.05, 0) is 68.3 Å². The van der Waals surface area contributed by atoms with Crippen LogP contribution in [-0.4, -0.2) is 44.3 Å². The summed E-state index contributed by atoms with van der Waals surface area (Å²) < 4.78 is 28.6. The molecule has 0 fully saturated rings. The number of sulfonamides is 1. The average molecular weight is 611 g/mol. The highest BCUT2D eigenvalue weighted by Gasteiger charge is 2.32. The lowest BCUT2D eigenvalue weighted by atomic mass is 10.1. The standard InChI is InChI=1S/C28H30Cl3N3O4S/c1-4-14-32-28(36)20(3)33(17-21-10-13-25(30)26(31)15-21)27(35)18-34(23-7-5-6-22(29)16-23)39(37,38)24-11-8-19(2)9-12-24/h5-13,15-16,20H,4,14,17-18H2,1-3H3,(H,32,36)/t20-/m1/s1. The van der Waals surface area contributed by atoms with E-state index >= 15 is 0 Å². The zero-order valence-electron chi connectivity index (χ0n) is 21.8. The minimum absolute atomic E-state index is 0.00436. The van der Waals surface area contributed by atoms with Crippen molar-refractivity contribution >= 4 is 62.3 Å². The molecule has 3 rings (SSSR count). The van der Waals surface area contributed by atoms with E-state index in [1.165, 1.54) is 23.1 Å². The molecule has 3 aromatic carbocycles. The highest BCUT2D eigenvalue weighted by Crippen LogP contribution is 2.28. The van der Waals surface area contributed by atoms with Gasteiger partial charge in [-0.3, -0.25) is 13.9 Å². The Morgan fingerprint density at radius 1 is 0.949 bits per heavy atom. The summed E-state index contributed by atoms with van der Waals surface area (Å²) in [5.74, 6) is -0.947. The van der Waals surface area contributed by atoms with Gasteiger partial charge in [0.25, 0.3) is 10.0 Å². The van der Waals surface area contributed by atoms with E-state index < -0.39 is 28.5 Å². The fourth-order valence-electron chi connectivity index (χ4n) is 3.81. The second-order valence-corrected chi connectivity index (χ2v) is 12.2. The number of nitrogens with one attached hydrogen (secondary N) is 1. The third-order valence-corrected chi connectivity index (χ3v) is 8.80. The molecule has 0 radical (unpaired) electrons. The molecule has 0 saturated carbocycles. The molecular weight excluding hydrogens is 581 g/mol. The number of nitrogens with zero attached hydrogens (tertiary/aromatic N) is 2. The summed E-state index contributed by atoms with van der Waals surface area (Å²) in [5, 5.41) is 3.76. The third-order valence-electron chi connectivity index (χ3n) is 6.04. The van der Waals surface area contributed by atoms with E-state index in [2.05, 4.69) is 5.32 Å². The maximum atomic E-state index is 13.9. The summed E-state index contributed by atoms with van der Waals surface area (Å²) in [4.78, 5) is 28.1. The molecule has 0 bridgehead atoms. The Kier molecular flexibility index (Phi) is 10.7. The fraction of sp³-hybridized carbons (Fsp3) is 0.286. The smallest absolute Gasteiger partial charge is 0.264 e. The first kappa shape index (κ1) is 30.8. The van der Waals surface area contributed by atoms with E-state index in [1.807, 2.05) is 13.8 Å². The number of halogens is 3. The Balaban J connectivity index is 2.03. The van der Waals surface area contributed by atoms with Crippen molar-refractivity contribution in [2.75, 3.05) is 17.4 Å². The molecule has 0 heterocycles. The quantitative estimate of drug-likeness (QED) is 0.285. The van der Waals surface area contributed by atoms with Crippen molar-refractivity contribution in [1.29, 1.82) is 0 Å². The van der Waals surface area contributed by atoms with Crippen molar-refractivity contribution in [2.24, 2.45) is 0 Å². The first-order valence-corrected chi connectivity index (χ1v) is 14.9. The van der Waals surface area contributed by atoms with Crippen LogP contribution >= 0.6 is 34.8 Å². The van der Waals surface area contributed by atoms with Gasteiger partial charge in [-0.1, -0.05) is 71.6 Å². The van der Waals surface area contributed by atoms with Gasteiger partial charge in [-0.2, -0.15) is 0 Å². The summed E-state index contributed by atoms with van der Waals surface area (Å²) in [6.45, 7) is 5.24. The Morgan fingerprint density at radius 3 is 2.26 bits per heavy atom. The van der Waals surface area contributed by atoms with E-state index in [4.69, 9.17) is 34.8 Å². The predicted molar refractivity (Wildman–Crippen MR) is 157 cm³/mol. The first-order valence-electron chi connectivity index (χ1n) is 12.3. The van der Waals surface area contributed by atoms with Gasteiger partial charge in [-0.25, -0.2) is 8.42 Å². The largest absolute Gasteiger partial charge is 0.354 e. The van der Waals surface area contributed by atoms with Crippen LogP contribution < -0.4 is 9.62 Å². The molecule has 3 aromatic rings. The Labute approximate surface area is 244 Å². The lowest BCUT2D eigenvalue weighted by Gasteiger charge is -2.32. The summed E-state index contributed by atoms with van der Waals surface area (Å²) in [5.41, 5.74) is 1.73. The van der Waals surface area contributed by atoms with Gasteiger partial charge in [0.1, 0.15) is 12.6 Å². The topological polar surface area (TPSA) is 86.8 Å². The van der Waals surface area contributed by atoms with E-state index in [0.29, 0.717) is 27.2 Å². The molecule has 0 aromatic heterocycles. The molecule has 0 unspecified atom stereocenters. The van der Waals surface area contributed by atoms with Crippen molar-refractivity contribution in [2.45, 2.75) is 44.7 Å². The van der Waals surface area contributed by atoms with Gasteiger partial charge in [0.2, 0.25) is 11.8 Å². The van der Waals surface area contributed by atoms with Crippen LogP contribution in [0.15, 0.2) is 71.6 Å². The molecule has 0 aliphatic carbocycles. The van der Waals surface area contributed by atoms with Crippen LogP contribution in [0.25, 0.3) is 0 Å². The molecule has 7 nitrogen and oxygen atoms in total. The Hall–Kier alpha value is -2.78. The number of amides is 2. The van der Waals surface area contributed by atoms with Crippen molar-refractivity contribution in [3.05, 3.63) is 92.9 Å². The predicted octanol–water partition coefficient (Wildman–Crippen LogP) is 6.09. The molecule has 0 aliphatic heterocycles. The minimum atomic E-state index is -4.17. The van der Waals surface area contributed by atoms with Crippen molar-refractivity contribution in [3.63, 3.8) is 0 Å². The van der Waals surface area contributed by atoms with Crippen LogP contribution in [0.1, 0.15) is 31.4 Å². The third kappa shape index (κ3) is 7.88. The van der Waals surface area contributed by atoms with Crippen LogP contribution in [0.4, 0.5) is 5.69 Å². The lowest BCUT2D eigenvalue weighted by Crippen LogP contribution is -2.51. The van der Waals surface area contributed by atoms with Crippen molar-refractivity contribution in [1.82, 2.24) is 10.2 Å². The van der Waals surface area contributed by atoms with E-state index in [9.17, 15) is 18.0 Å². The number of anilines is 1. The maximum absolute atomic E-state index is 13.9. The zero-order chi connectivity index (χ0) is 28.7. The molecule has 1 atom stereocenters. The van der Waals surface area contributed by atoms with Crippen LogP contribution in [0, 0.1) is 6.92 Å². The molecule has 0 spiro atoms. The van der Waals surface area contributed by atoms with Crippen LogP contribution in [0.3, 0.4) is 0 Å². The highest BCUT2D eigenvalue weighted by atomic mass is 35.5. The van der Waals surface area contributed by atoms with Crippen LogP contribution in [-0.2, 0) is 26.2 Å².